The molecule has 6 heteroatoms. The Balaban J connectivity index is 0. The number of hydrogen-bond donors (Lipinski definition) is 0. The SMILES string of the molecule is C[Si](C)C.Fc1c[c-]c(-c2ccccn2)c(F)c1.[CH-]=NC(C)(C)C.[Ir]. The van der Waals surface area contributed by atoms with Crippen molar-refractivity contribution in [3.05, 3.63) is 54.2 Å². The molecule has 0 saturated carbocycles. The van der Waals surface area contributed by atoms with E-state index in [1.165, 1.54) is 0 Å². The molecule has 2 nitrogen and oxygen atoms in total. The Bertz CT molecular complexity index is 612. The minimum absolute atomic E-state index is 0. The Morgan fingerprint density at radius 2 is 1.68 bits per heavy atom. The molecule has 0 aliphatic rings. The first-order valence-electron chi connectivity index (χ1n) is 7.53. The molecule has 0 atom stereocenters. The van der Waals surface area contributed by atoms with Gasteiger partial charge in [0, 0.05) is 52.3 Å². The number of benzene rings is 1. The van der Waals surface area contributed by atoms with Crippen molar-refractivity contribution in [1.82, 2.24) is 4.98 Å². The second-order valence-corrected chi connectivity index (χ2v) is 9.56. The van der Waals surface area contributed by atoms with Crippen LogP contribution in [0.15, 0.2) is 41.5 Å². The first kappa shape index (κ1) is 26.0. The second kappa shape index (κ2) is 13.0. The molecular formula is C19H25F2IrN2Si-2. The summed E-state index contributed by atoms with van der Waals surface area (Å²) in [5, 5.41) is 0. The monoisotopic (exact) mass is 540 g/mol. The maximum Gasteiger partial charge on any atom is 0.0408 e. The molecule has 2 rings (SSSR count). The number of rotatable bonds is 1. The van der Waals surface area contributed by atoms with Crippen LogP contribution in [0.3, 0.4) is 0 Å². The van der Waals surface area contributed by atoms with Crippen molar-refractivity contribution in [3.8, 4) is 11.3 Å². The maximum atomic E-state index is 13.2. The van der Waals surface area contributed by atoms with Gasteiger partial charge in [-0.25, -0.2) is 0 Å². The summed E-state index contributed by atoms with van der Waals surface area (Å²) < 4.78 is 25.8. The molecular weight excluding hydrogens is 515 g/mol. The van der Waals surface area contributed by atoms with Crippen LogP contribution in [0.2, 0.25) is 19.6 Å². The first-order chi connectivity index (χ1) is 11.1. The molecule has 0 amide bonds. The van der Waals surface area contributed by atoms with Gasteiger partial charge in [-0.05, 0) is 32.5 Å². The van der Waals surface area contributed by atoms with E-state index in [2.05, 4.69) is 35.7 Å². The molecule has 1 aromatic carbocycles. The van der Waals surface area contributed by atoms with E-state index in [1.807, 2.05) is 20.8 Å². The predicted octanol–water partition coefficient (Wildman–Crippen LogP) is 5.56. The molecule has 140 valence electrons. The molecule has 1 heterocycles. The number of aromatic nitrogens is 1. The molecule has 0 aliphatic carbocycles. The average Bonchev–Trinajstić information content (AvgIpc) is 2.47. The van der Waals surface area contributed by atoms with Crippen LogP contribution in [-0.4, -0.2) is 26.0 Å². The molecule has 2 radical (unpaired) electrons. The minimum atomic E-state index is -0.649. The van der Waals surface area contributed by atoms with Crippen molar-refractivity contribution in [2.24, 2.45) is 4.99 Å². The van der Waals surface area contributed by atoms with Gasteiger partial charge in [0.1, 0.15) is 0 Å². The van der Waals surface area contributed by atoms with Gasteiger partial charge in [0.15, 0.2) is 0 Å². The quantitative estimate of drug-likeness (QED) is 0.265. The van der Waals surface area contributed by atoms with Gasteiger partial charge in [-0.2, -0.15) is 0 Å². The summed E-state index contributed by atoms with van der Waals surface area (Å²) in [6.07, 6.45) is 1.55. The predicted molar refractivity (Wildman–Crippen MR) is 100 cm³/mol. The number of pyridine rings is 1. The van der Waals surface area contributed by atoms with E-state index < -0.39 is 11.6 Å². The van der Waals surface area contributed by atoms with E-state index in [0.29, 0.717) is 5.69 Å². The van der Waals surface area contributed by atoms with Gasteiger partial charge in [-0.1, -0.05) is 43.4 Å². The van der Waals surface area contributed by atoms with Gasteiger partial charge in [0.05, 0.1) is 0 Å². The van der Waals surface area contributed by atoms with Gasteiger partial charge in [0.25, 0.3) is 0 Å². The molecule has 2 aromatic rings. The van der Waals surface area contributed by atoms with Crippen LogP contribution in [-0.2, 0) is 20.1 Å². The fourth-order valence-electron chi connectivity index (χ4n) is 1.15. The molecule has 0 fully saturated rings. The Kier molecular flexibility index (Phi) is 13.6. The third kappa shape index (κ3) is 13.7. The smallest absolute Gasteiger partial charge is 0.0408 e. The second-order valence-electron chi connectivity index (χ2n) is 6.56. The third-order valence-electron chi connectivity index (χ3n) is 2.17. The van der Waals surface area contributed by atoms with Gasteiger partial charge in [-0.15, -0.1) is 12.1 Å². The van der Waals surface area contributed by atoms with Crippen LogP contribution in [0.25, 0.3) is 11.3 Å². The summed E-state index contributed by atoms with van der Waals surface area (Å²) in [4.78, 5) is 7.47. The molecule has 0 aliphatic heterocycles. The fraction of sp³-hybridized carbons (Fsp3) is 0.368. The molecule has 1 aromatic heterocycles. The maximum absolute atomic E-state index is 13.2. The van der Waals surface area contributed by atoms with Crippen LogP contribution < -0.4 is 0 Å². The van der Waals surface area contributed by atoms with Crippen LogP contribution >= 0.6 is 0 Å². The van der Waals surface area contributed by atoms with Gasteiger partial charge >= 0.3 is 0 Å². The summed E-state index contributed by atoms with van der Waals surface area (Å²) >= 11 is 0. The number of halogens is 2. The zero-order chi connectivity index (χ0) is 18.8. The Morgan fingerprint density at radius 1 is 1.16 bits per heavy atom. The topological polar surface area (TPSA) is 25.2 Å². The molecule has 0 unspecified atom stereocenters. The standard InChI is InChI=1S/C11H6F2N.C5H10N.C3H9Si.Ir/c12-8-4-5-9(10(13)7-8)11-3-1-2-6-14-11;1-5(2,3)6-4;1-4(2)3;/h1-4,6-7H;4H,1-3H3;1-3H3;/q2*-1;;. The van der Waals surface area contributed by atoms with Crippen molar-refractivity contribution >= 4 is 15.5 Å². The van der Waals surface area contributed by atoms with Crippen LogP contribution in [0.5, 0.6) is 0 Å². The van der Waals surface area contributed by atoms with Crippen molar-refractivity contribution in [2.45, 2.75) is 46.0 Å². The van der Waals surface area contributed by atoms with E-state index in [4.69, 9.17) is 6.72 Å². The summed E-state index contributed by atoms with van der Waals surface area (Å²) in [7, 11) is 0.120. The minimum Gasteiger partial charge on any atom is -0.501 e. The number of nitrogens with zero attached hydrogens (tertiary/aromatic N) is 2. The molecule has 0 bridgehead atoms. The number of hydrogen-bond acceptors (Lipinski definition) is 2. The van der Waals surface area contributed by atoms with Crippen molar-refractivity contribution in [1.29, 1.82) is 0 Å². The van der Waals surface area contributed by atoms with Crippen LogP contribution in [0.1, 0.15) is 20.8 Å². The van der Waals surface area contributed by atoms with E-state index in [0.717, 1.165) is 12.1 Å². The van der Waals surface area contributed by atoms with E-state index in [1.54, 1.807) is 24.4 Å². The Hall–Kier alpha value is -1.23. The van der Waals surface area contributed by atoms with Crippen molar-refractivity contribution in [3.63, 3.8) is 0 Å². The first-order valence-corrected chi connectivity index (χ1v) is 10.5. The Labute approximate surface area is 165 Å². The Morgan fingerprint density at radius 3 is 2.04 bits per heavy atom. The molecule has 0 N–H and O–H groups in total. The molecule has 0 spiro atoms. The van der Waals surface area contributed by atoms with Crippen LogP contribution in [0, 0.1) is 17.7 Å². The number of aliphatic imine (C=N–C) groups is 1. The van der Waals surface area contributed by atoms with Crippen molar-refractivity contribution < 1.29 is 28.9 Å². The summed E-state index contributed by atoms with van der Waals surface area (Å²) in [6, 6.07) is 9.53. The van der Waals surface area contributed by atoms with Gasteiger partial charge in [-0.3, -0.25) is 8.78 Å². The van der Waals surface area contributed by atoms with Gasteiger partial charge in [0.2, 0.25) is 0 Å². The molecule has 0 saturated heterocycles. The van der Waals surface area contributed by atoms with E-state index in [-0.39, 0.29) is 40.0 Å². The fourth-order valence-corrected chi connectivity index (χ4v) is 1.15. The zero-order valence-electron chi connectivity index (χ0n) is 15.5. The largest absolute Gasteiger partial charge is 0.501 e. The van der Waals surface area contributed by atoms with Crippen LogP contribution in [0.4, 0.5) is 8.78 Å². The summed E-state index contributed by atoms with van der Waals surface area (Å²) in [5.74, 6) is -1.29. The molecule has 25 heavy (non-hydrogen) atoms. The third-order valence-corrected chi connectivity index (χ3v) is 2.17. The zero-order valence-corrected chi connectivity index (χ0v) is 18.9. The summed E-state index contributed by atoms with van der Waals surface area (Å²) in [6.45, 7) is 17.6. The van der Waals surface area contributed by atoms with E-state index >= 15 is 0 Å². The van der Waals surface area contributed by atoms with Crippen molar-refractivity contribution in [2.75, 3.05) is 0 Å². The average molecular weight is 540 g/mol. The summed E-state index contributed by atoms with van der Waals surface area (Å²) in [5.41, 5.74) is 0.581. The van der Waals surface area contributed by atoms with Gasteiger partial charge < -0.3 is 16.7 Å². The van der Waals surface area contributed by atoms with E-state index in [9.17, 15) is 8.78 Å². The normalized spacial score (nSPS) is 9.80.